The van der Waals surface area contributed by atoms with Gasteiger partial charge in [0.2, 0.25) is 0 Å². The number of carboxylic acids is 1. The number of hydrogen-bond donors (Lipinski definition) is 1. The first-order valence-corrected chi connectivity index (χ1v) is 9.04. The van der Waals surface area contributed by atoms with Gasteiger partial charge in [-0.1, -0.05) is 30.3 Å². The summed E-state index contributed by atoms with van der Waals surface area (Å²) < 4.78 is 2.22. The van der Waals surface area contributed by atoms with Crippen LogP contribution >= 0.6 is 0 Å². The number of aromatic nitrogens is 1. The number of aromatic carboxylic acids is 1. The highest BCUT2D eigenvalue weighted by atomic mass is 16.4. The highest BCUT2D eigenvalue weighted by Gasteiger charge is 2.14. The van der Waals surface area contributed by atoms with Gasteiger partial charge in [0.15, 0.2) is 0 Å². The lowest BCUT2D eigenvalue weighted by molar-refractivity contribution is 0.0697. The first-order chi connectivity index (χ1) is 13.3. The van der Waals surface area contributed by atoms with Crippen LogP contribution in [0, 0.1) is 39.0 Å². The second-order valence-corrected chi connectivity index (χ2v) is 6.95. The summed E-state index contributed by atoms with van der Waals surface area (Å²) in [6.07, 6.45) is 1.86. The molecular formula is C24H22N2O2. The van der Waals surface area contributed by atoms with Crippen molar-refractivity contribution in [1.82, 2.24) is 4.57 Å². The van der Waals surface area contributed by atoms with Gasteiger partial charge in [0, 0.05) is 11.4 Å². The Balaban J connectivity index is 2.09. The Kier molecular flexibility index (Phi) is 5.19. The molecule has 0 amide bonds. The lowest BCUT2D eigenvalue weighted by Gasteiger charge is -2.15. The molecule has 3 aromatic rings. The zero-order valence-electron chi connectivity index (χ0n) is 16.4. The quantitative estimate of drug-likeness (QED) is 0.619. The van der Waals surface area contributed by atoms with E-state index in [1.165, 1.54) is 28.9 Å². The van der Waals surface area contributed by atoms with Gasteiger partial charge in [-0.2, -0.15) is 5.26 Å². The zero-order chi connectivity index (χ0) is 20.4. The number of carbonyl (C=O) groups is 1. The van der Waals surface area contributed by atoms with Crippen LogP contribution in [0.4, 0.5) is 0 Å². The standard InChI is InChI=1S/C24H22N2O2/c1-15-6-5-7-16(2)23(15)26-17(3)12-21(18(26)4)13-22(14-25)19-8-10-20(11-9-19)24(27)28/h5-13H,1-4H3,(H,27,28)/b22-13-. The third kappa shape index (κ3) is 3.47. The molecule has 2 aromatic carbocycles. The maximum atomic E-state index is 11.0. The molecule has 3 rings (SSSR count). The molecule has 0 aliphatic heterocycles. The third-order valence-electron chi connectivity index (χ3n) is 5.00. The van der Waals surface area contributed by atoms with Crippen molar-refractivity contribution in [1.29, 1.82) is 5.26 Å². The third-order valence-corrected chi connectivity index (χ3v) is 5.00. The van der Waals surface area contributed by atoms with Crippen molar-refractivity contribution in [2.75, 3.05) is 0 Å². The zero-order valence-corrected chi connectivity index (χ0v) is 16.4. The second-order valence-electron chi connectivity index (χ2n) is 6.95. The van der Waals surface area contributed by atoms with Crippen LogP contribution in [0.15, 0.2) is 48.5 Å². The van der Waals surface area contributed by atoms with E-state index in [4.69, 9.17) is 5.11 Å². The molecule has 0 spiro atoms. The Labute approximate surface area is 165 Å². The van der Waals surface area contributed by atoms with Gasteiger partial charge in [-0.25, -0.2) is 4.79 Å². The van der Waals surface area contributed by atoms with Gasteiger partial charge in [0.1, 0.15) is 0 Å². The fraction of sp³-hybridized carbons (Fsp3) is 0.167. The molecule has 0 saturated carbocycles. The number of carboxylic acid groups (broad SMARTS) is 1. The molecule has 0 aliphatic carbocycles. The number of allylic oxidation sites excluding steroid dienone is 1. The molecule has 1 aromatic heterocycles. The van der Waals surface area contributed by atoms with Crippen LogP contribution in [0.3, 0.4) is 0 Å². The minimum Gasteiger partial charge on any atom is -0.478 e. The molecular weight excluding hydrogens is 348 g/mol. The molecule has 0 saturated heterocycles. The summed E-state index contributed by atoms with van der Waals surface area (Å²) in [5.74, 6) is -0.980. The molecule has 0 radical (unpaired) electrons. The van der Waals surface area contributed by atoms with Gasteiger partial charge in [-0.3, -0.25) is 0 Å². The molecule has 0 atom stereocenters. The maximum Gasteiger partial charge on any atom is 0.335 e. The fourth-order valence-corrected chi connectivity index (χ4v) is 3.56. The van der Waals surface area contributed by atoms with Gasteiger partial charge in [0.25, 0.3) is 0 Å². The average molecular weight is 370 g/mol. The van der Waals surface area contributed by atoms with E-state index in [-0.39, 0.29) is 5.56 Å². The molecule has 0 unspecified atom stereocenters. The van der Waals surface area contributed by atoms with Crippen LogP contribution in [0.5, 0.6) is 0 Å². The Hall–Kier alpha value is -3.58. The summed E-state index contributed by atoms with van der Waals surface area (Å²) in [5.41, 5.74) is 8.09. The van der Waals surface area contributed by atoms with Gasteiger partial charge in [-0.05, 0) is 74.2 Å². The topological polar surface area (TPSA) is 66.0 Å². The smallest absolute Gasteiger partial charge is 0.335 e. The van der Waals surface area contributed by atoms with E-state index in [1.807, 2.05) is 13.0 Å². The molecule has 1 N–H and O–H groups in total. The predicted octanol–water partition coefficient (Wildman–Crippen LogP) is 5.47. The summed E-state index contributed by atoms with van der Waals surface area (Å²) in [7, 11) is 0. The van der Waals surface area contributed by atoms with E-state index < -0.39 is 5.97 Å². The van der Waals surface area contributed by atoms with E-state index in [2.05, 4.69) is 55.7 Å². The van der Waals surface area contributed by atoms with Crippen LogP contribution in [-0.4, -0.2) is 15.6 Å². The van der Waals surface area contributed by atoms with E-state index in [1.54, 1.807) is 12.1 Å². The Morgan fingerprint density at radius 1 is 1.00 bits per heavy atom. The highest BCUT2D eigenvalue weighted by molar-refractivity contribution is 5.92. The van der Waals surface area contributed by atoms with Gasteiger partial charge in [-0.15, -0.1) is 0 Å². The number of rotatable bonds is 4. The molecule has 4 heteroatoms. The normalized spacial score (nSPS) is 11.3. The maximum absolute atomic E-state index is 11.0. The molecule has 28 heavy (non-hydrogen) atoms. The summed E-state index contributed by atoms with van der Waals surface area (Å²) in [6, 6.07) is 16.9. The minimum absolute atomic E-state index is 0.203. The Bertz CT molecular complexity index is 1110. The van der Waals surface area contributed by atoms with Crippen molar-refractivity contribution >= 4 is 17.6 Å². The van der Waals surface area contributed by atoms with E-state index in [9.17, 15) is 10.1 Å². The second kappa shape index (κ2) is 7.58. The van der Waals surface area contributed by atoms with Crippen LogP contribution in [0.25, 0.3) is 17.3 Å². The van der Waals surface area contributed by atoms with Crippen molar-refractivity contribution in [3.8, 4) is 11.8 Å². The lowest BCUT2D eigenvalue weighted by Crippen LogP contribution is -2.04. The van der Waals surface area contributed by atoms with Gasteiger partial charge < -0.3 is 9.67 Å². The Morgan fingerprint density at radius 3 is 2.11 bits per heavy atom. The largest absolute Gasteiger partial charge is 0.478 e. The first kappa shape index (κ1) is 19.2. The molecule has 0 aliphatic rings. The average Bonchev–Trinajstić information content (AvgIpc) is 2.93. The monoisotopic (exact) mass is 370 g/mol. The number of para-hydroxylation sites is 1. The molecule has 0 fully saturated rings. The highest BCUT2D eigenvalue weighted by Crippen LogP contribution is 2.28. The van der Waals surface area contributed by atoms with Crippen molar-refractivity contribution in [2.45, 2.75) is 27.7 Å². The van der Waals surface area contributed by atoms with E-state index >= 15 is 0 Å². The summed E-state index contributed by atoms with van der Waals surface area (Å²) >= 11 is 0. The number of benzene rings is 2. The van der Waals surface area contributed by atoms with Gasteiger partial charge in [0.05, 0.1) is 22.9 Å². The summed E-state index contributed by atoms with van der Waals surface area (Å²) in [4.78, 5) is 11.0. The van der Waals surface area contributed by atoms with Crippen LogP contribution < -0.4 is 0 Å². The molecule has 140 valence electrons. The summed E-state index contributed by atoms with van der Waals surface area (Å²) in [6.45, 7) is 8.31. The lowest BCUT2D eigenvalue weighted by atomic mass is 10.0. The van der Waals surface area contributed by atoms with Crippen molar-refractivity contribution in [3.05, 3.63) is 87.7 Å². The SMILES string of the molecule is Cc1cccc(C)c1-n1c(C)cc(/C=C(/C#N)c2ccc(C(=O)O)cc2)c1C. The van der Waals surface area contributed by atoms with Crippen LogP contribution in [0.2, 0.25) is 0 Å². The summed E-state index contributed by atoms with van der Waals surface area (Å²) in [5, 5.41) is 18.7. The number of nitriles is 1. The van der Waals surface area contributed by atoms with Crippen molar-refractivity contribution in [2.24, 2.45) is 0 Å². The van der Waals surface area contributed by atoms with Crippen LogP contribution in [-0.2, 0) is 0 Å². The van der Waals surface area contributed by atoms with Gasteiger partial charge >= 0.3 is 5.97 Å². The van der Waals surface area contributed by atoms with Crippen molar-refractivity contribution < 1.29 is 9.90 Å². The number of aryl methyl sites for hydroxylation is 3. The van der Waals surface area contributed by atoms with Crippen molar-refractivity contribution in [3.63, 3.8) is 0 Å². The molecule has 1 heterocycles. The number of nitrogens with zero attached hydrogens (tertiary/aromatic N) is 2. The first-order valence-electron chi connectivity index (χ1n) is 9.04. The number of hydrogen-bond acceptors (Lipinski definition) is 2. The predicted molar refractivity (Wildman–Crippen MR) is 112 cm³/mol. The van der Waals surface area contributed by atoms with E-state index in [0.29, 0.717) is 11.1 Å². The fourth-order valence-electron chi connectivity index (χ4n) is 3.56. The Morgan fingerprint density at radius 2 is 1.57 bits per heavy atom. The van der Waals surface area contributed by atoms with Crippen LogP contribution in [0.1, 0.15) is 44.0 Å². The van der Waals surface area contributed by atoms with E-state index in [0.717, 1.165) is 17.0 Å². The molecule has 0 bridgehead atoms. The minimum atomic E-state index is -0.980. The molecule has 4 nitrogen and oxygen atoms in total.